The molecule has 1 atom stereocenters. The summed E-state index contributed by atoms with van der Waals surface area (Å²) in [4.78, 5) is 13.6. The Morgan fingerprint density at radius 1 is 0.967 bits per heavy atom. The molecule has 2 aromatic rings. The molecule has 30 heavy (non-hydrogen) atoms. The Kier molecular flexibility index (Phi) is 6.35. The summed E-state index contributed by atoms with van der Waals surface area (Å²) in [6, 6.07) is 20.4. The Labute approximate surface area is 179 Å². The van der Waals surface area contributed by atoms with Gasteiger partial charge in [0.2, 0.25) is 5.91 Å². The summed E-state index contributed by atoms with van der Waals surface area (Å²) in [6.07, 6.45) is 6.60. The van der Waals surface area contributed by atoms with Gasteiger partial charge in [0, 0.05) is 12.8 Å². The van der Waals surface area contributed by atoms with Crippen molar-refractivity contribution < 1.29 is 14.3 Å². The molecule has 1 amide bonds. The Bertz CT molecular complexity index is 833. The molecule has 1 aliphatic heterocycles. The molecule has 4 heteroatoms. The van der Waals surface area contributed by atoms with Crippen molar-refractivity contribution in [1.82, 2.24) is 5.32 Å². The van der Waals surface area contributed by atoms with Crippen molar-refractivity contribution in [3.63, 3.8) is 0 Å². The van der Waals surface area contributed by atoms with Crippen LogP contribution in [0.4, 0.5) is 0 Å². The van der Waals surface area contributed by atoms with Crippen LogP contribution in [0.25, 0.3) is 0 Å². The van der Waals surface area contributed by atoms with Crippen molar-refractivity contribution in [3.05, 3.63) is 84.4 Å². The summed E-state index contributed by atoms with van der Waals surface area (Å²) in [5.74, 6) is -0.583. The summed E-state index contributed by atoms with van der Waals surface area (Å²) in [6.45, 7) is 5.15. The number of allylic oxidation sites excluding steroid dienone is 1. The van der Waals surface area contributed by atoms with E-state index in [4.69, 9.17) is 9.47 Å². The van der Waals surface area contributed by atoms with E-state index in [0.29, 0.717) is 13.2 Å². The number of rotatable bonds is 7. The van der Waals surface area contributed by atoms with Gasteiger partial charge in [0.05, 0.1) is 24.7 Å². The lowest BCUT2D eigenvalue weighted by molar-refractivity contribution is -0.187. The maximum atomic E-state index is 13.6. The van der Waals surface area contributed by atoms with E-state index in [-0.39, 0.29) is 11.8 Å². The second-order valence-electron chi connectivity index (χ2n) is 8.37. The van der Waals surface area contributed by atoms with Crippen LogP contribution in [-0.4, -0.2) is 24.9 Å². The molecule has 0 radical (unpaired) electrons. The molecule has 1 unspecified atom stereocenters. The summed E-state index contributed by atoms with van der Waals surface area (Å²) < 4.78 is 11.9. The van der Waals surface area contributed by atoms with Gasteiger partial charge in [-0.3, -0.25) is 4.79 Å². The Morgan fingerprint density at radius 3 is 2.17 bits per heavy atom. The lowest BCUT2D eigenvalue weighted by atomic mass is 9.73. The van der Waals surface area contributed by atoms with E-state index in [2.05, 4.69) is 24.0 Å². The minimum Gasteiger partial charge on any atom is -0.348 e. The second-order valence-corrected chi connectivity index (χ2v) is 8.37. The quantitative estimate of drug-likeness (QED) is 0.655. The molecule has 2 aliphatic rings. The van der Waals surface area contributed by atoms with Crippen LogP contribution in [0.3, 0.4) is 0 Å². The van der Waals surface area contributed by atoms with Crippen LogP contribution in [-0.2, 0) is 19.8 Å². The highest BCUT2D eigenvalue weighted by Gasteiger charge is 2.48. The zero-order chi connectivity index (χ0) is 20.9. The van der Waals surface area contributed by atoms with Gasteiger partial charge >= 0.3 is 0 Å². The van der Waals surface area contributed by atoms with Gasteiger partial charge in [0.1, 0.15) is 0 Å². The molecule has 1 aliphatic carbocycles. The molecule has 4 rings (SSSR count). The lowest BCUT2D eigenvalue weighted by Crippen LogP contribution is -2.53. The topological polar surface area (TPSA) is 47.6 Å². The molecule has 0 aromatic heterocycles. The van der Waals surface area contributed by atoms with E-state index in [1.54, 1.807) is 0 Å². The van der Waals surface area contributed by atoms with E-state index in [0.717, 1.165) is 49.7 Å². The predicted molar refractivity (Wildman–Crippen MR) is 118 cm³/mol. The molecule has 1 saturated carbocycles. The smallest absolute Gasteiger partial charge is 0.228 e. The van der Waals surface area contributed by atoms with Gasteiger partial charge in [-0.05, 0) is 36.8 Å². The van der Waals surface area contributed by atoms with Gasteiger partial charge in [-0.1, -0.05) is 66.7 Å². The van der Waals surface area contributed by atoms with Crippen LogP contribution < -0.4 is 5.32 Å². The number of hydrogen-bond acceptors (Lipinski definition) is 3. The van der Waals surface area contributed by atoms with Crippen molar-refractivity contribution in [1.29, 1.82) is 0 Å². The van der Waals surface area contributed by atoms with Gasteiger partial charge in [0.15, 0.2) is 5.79 Å². The third kappa shape index (κ3) is 4.35. The van der Waals surface area contributed by atoms with Gasteiger partial charge in [-0.2, -0.15) is 0 Å². The van der Waals surface area contributed by atoms with Crippen LogP contribution in [0.1, 0.15) is 55.6 Å². The molecule has 2 aromatic carbocycles. The van der Waals surface area contributed by atoms with Gasteiger partial charge in [-0.15, -0.1) is 6.58 Å². The first-order valence-electron chi connectivity index (χ1n) is 11.0. The number of ether oxygens (including phenoxy) is 2. The number of carbonyl (C=O) groups excluding carboxylic acids is 1. The van der Waals surface area contributed by atoms with Crippen LogP contribution in [0.5, 0.6) is 0 Å². The van der Waals surface area contributed by atoms with Gasteiger partial charge in [-0.25, -0.2) is 0 Å². The summed E-state index contributed by atoms with van der Waals surface area (Å²) in [5, 5.41) is 3.48. The largest absolute Gasteiger partial charge is 0.348 e. The van der Waals surface area contributed by atoms with Crippen LogP contribution in [0, 0.1) is 0 Å². The molecule has 4 nitrogen and oxygen atoms in total. The fraction of sp³-hybridized carbons (Fsp3) is 0.423. The lowest BCUT2D eigenvalue weighted by Gasteiger charge is -2.45. The standard InChI is InChI=1S/C26H31NO3/c1-2-3-14-23(21-10-6-4-7-11-21)24(28)27-25(22-12-8-5-9-13-22)15-17-26(18-16-25)29-19-20-30-26/h2,4-13,23H,1,3,14-20H2,(H,27,28). The Balaban J connectivity index is 1.59. The predicted octanol–water partition coefficient (Wildman–Crippen LogP) is 5.07. The van der Waals surface area contributed by atoms with Crippen LogP contribution >= 0.6 is 0 Å². The van der Waals surface area contributed by atoms with E-state index in [9.17, 15) is 4.79 Å². The maximum Gasteiger partial charge on any atom is 0.228 e. The van der Waals surface area contributed by atoms with Crippen molar-refractivity contribution in [2.45, 2.75) is 55.8 Å². The van der Waals surface area contributed by atoms with E-state index < -0.39 is 11.3 Å². The summed E-state index contributed by atoms with van der Waals surface area (Å²) >= 11 is 0. The summed E-state index contributed by atoms with van der Waals surface area (Å²) in [5.41, 5.74) is 1.80. The second kappa shape index (κ2) is 9.15. The van der Waals surface area contributed by atoms with Crippen molar-refractivity contribution in [2.24, 2.45) is 0 Å². The molecule has 1 spiro atoms. The van der Waals surface area contributed by atoms with E-state index in [1.165, 1.54) is 0 Å². The molecule has 2 fully saturated rings. The molecule has 0 bridgehead atoms. The maximum absolute atomic E-state index is 13.6. The highest BCUT2D eigenvalue weighted by atomic mass is 16.7. The first-order chi connectivity index (χ1) is 14.7. The summed E-state index contributed by atoms with van der Waals surface area (Å²) in [7, 11) is 0. The van der Waals surface area contributed by atoms with Crippen LogP contribution in [0.2, 0.25) is 0 Å². The van der Waals surface area contributed by atoms with Gasteiger partial charge < -0.3 is 14.8 Å². The number of benzene rings is 2. The molecule has 158 valence electrons. The molecular weight excluding hydrogens is 374 g/mol. The molecule has 1 N–H and O–H groups in total. The van der Waals surface area contributed by atoms with Crippen LogP contribution in [0.15, 0.2) is 73.3 Å². The average molecular weight is 406 g/mol. The molecule has 1 heterocycles. The SMILES string of the molecule is C=CCCC(C(=O)NC1(c2ccccc2)CCC2(CC1)OCCO2)c1ccccc1. The van der Waals surface area contributed by atoms with Crippen molar-refractivity contribution in [3.8, 4) is 0 Å². The van der Waals surface area contributed by atoms with Crippen molar-refractivity contribution >= 4 is 5.91 Å². The minimum atomic E-state index is -0.468. The minimum absolute atomic E-state index is 0.0797. The zero-order valence-corrected chi connectivity index (χ0v) is 17.5. The van der Waals surface area contributed by atoms with E-state index in [1.807, 2.05) is 54.6 Å². The van der Waals surface area contributed by atoms with Gasteiger partial charge in [0.25, 0.3) is 0 Å². The monoisotopic (exact) mass is 405 g/mol. The number of hydrogen-bond donors (Lipinski definition) is 1. The molecule has 1 saturated heterocycles. The Morgan fingerprint density at radius 2 is 1.57 bits per heavy atom. The van der Waals surface area contributed by atoms with E-state index >= 15 is 0 Å². The third-order valence-electron chi connectivity index (χ3n) is 6.55. The number of nitrogens with one attached hydrogen (secondary N) is 1. The highest BCUT2D eigenvalue weighted by molar-refractivity contribution is 5.84. The number of amides is 1. The van der Waals surface area contributed by atoms with Crippen molar-refractivity contribution in [2.75, 3.05) is 13.2 Å². The first-order valence-corrected chi connectivity index (χ1v) is 11.0. The fourth-order valence-corrected chi connectivity index (χ4v) is 4.83. The third-order valence-corrected chi connectivity index (χ3v) is 6.55. The normalized spacial score (nSPS) is 20.5. The molecular formula is C26H31NO3. The Hall–Kier alpha value is -2.43. The fourth-order valence-electron chi connectivity index (χ4n) is 4.83. The zero-order valence-electron chi connectivity index (χ0n) is 17.5. The average Bonchev–Trinajstić information content (AvgIpc) is 3.26. The highest BCUT2D eigenvalue weighted by Crippen LogP contribution is 2.45. The first kappa shape index (κ1) is 20.8. The number of carbonyl (C=O) groups is 1.